The number of nitrogens with zero attached hydrogens (tertiary/aromatic N) is 1. The van der Waals surface area contributed by atoms with E-state index in [9.17, 15) is 17.6 Å². The molecule has 0 aliphatic carbocycles. The number of nitrogens with one attached hydrogen (secondary N) is 2. The molecule has 2 N–H and O–H groups in total. The highest BCUT2D eigenvalue weighted by molar-refractivity contribution is 14.0. The Kier molecular flexibility index (Phi) is 11.7. The number of alkyl halides is 3. The van der Waals surface area contributed by atoms with Crippen molar-refractivity contribution in [2.75, 3.05) is 33.4 Å². The van der Waals surface area contributed by atoms with Crippen LogP contribution in [-0.4, -0.2) is 45.5 Å². The van der Waals surface area contributed by atoms with Crippen molar-refractivity contribution < 1.29 is 22.3 Å². The van der Waals surface area contributed by atoms with Crippen molar-refractivity contribution in [3.8, 4) is 0 Å². The molecule has 4 nitrogen and oxygen atoms in total. The summed E-state index contributed by atoms with van der Waals surface area (Å²) in [7, 11) is 1.59. The third-order valence-electron chi connectivity index (χ3n) is 2.84. The average Bonchev–Trinajstić information content (AvgIpc) is 2.48. The summed E-state index contributed by atoms with van der Waals surface area (Å²) in [6.45, 7) is -0.203. The SMILES string of the molecule is CN=C(NCCCOCC(F)(F)F)NCCc1cccc(F)c1.I. The van der Waals surface area contributed by atoms with E-state index in [2.05, 4.69) is 20.4 Å². The third kappa shape index (κ3) is 11.4. The summed E-state index contributed by atoms with van der Waals surface area (Å²) in [5, 5.41) is 6.02. The molecule has 0 aromatic heterocycles. The van der Waals surface area contributed by atoms with Crippen molar-refractivity contribution in [2.24, 2.45) is 4.99 Å². The van der Waals surface area contributed by atoms with Gasteiger partial charge < -0.3 is 15.4 Å². The molecule has 0 fully saturated rings. The molecule has 0 radical (unpaired) electrons. The summed E-state index contributed by atoms with van der Waals surface area (Å²) in [4.78, 5) is 3.99. The molecule has 0 aliphatic rings. The van der Waals surface area contributed by atoms with Crippen molar-refractivity contribution >= 4 is 29.9 Å². The Hall–Kier alpha value is -1.10. The Morgan fingerprint density at radius 2 is 1.92 bits per heavy atom. The van der Waals surface area contributed by atoms with E-state index in [4.69, 9.17) is 0 Å². The Morgan fingerprint density at radius 3 is 2.54 bits per heavy atom. The van der Waals surface area contributed by atoms with E-state index in [1.807, 2.05) is 6.07 Å². The fraction of sp³-hybridized carbons (Fsp3) is 0.533. The molecule has 138 valence electrons. The number of hydrogen-bond acceptors (Lipinski definition) is 2. The first-order valence-electron chi connectivity index (χ1n) is 7.24. The van der Waals surface area contributed by atoms with Gasteiger partial charge in [-0.15, -0.1) is 24.0 Å². The number of aliphatic imine (C=N–C) groups is 1. The number of halogens is 5. The lowest BCUT2D eigenvalue weighted by Crippen LogP contribution is -2.39. The van der Waals surface area contributed by atoms with Gasteiger partial charge in [0.1, 0.15) is 12.4 Å². The van der Waals surface area contributed by atoms with Gasteiger partial charge in [-0.1, -0.05) is 12.1 Å². The van der Waals surface area contributed by atoms with E-state index >= 15 is 0 Å². The van der Waals surface area contributed by atoms with Gasteiger partial charge in [-0.2, -0.15) is 13.2 Å². The quantitative estimate of drug-likeness (QED) is 0.205. The molecule has 1 aromatic carbocycles. The molecule has 0 heterocycles. The van der Waals surface area contributed by atoms with E-state index < -0.39 is 12.8 Å². The maximum absolute atomic E-state index is 13.0. The molecule has 0 spiro atoms. The lowest BCUT2D eigenvalue weighted by atomic mass is 10.1. The molecule has 0 atom stereocenters. The maximum Gasteiger partial charge on any atom is 0.411 e. The minimum absolute atomic E-state index is 0. The fourth-order valence-corrected chi connectivity index (χ4v) is 1.81. The highest BCUT2D eigenvalue weighted by Crippen LogP contribution is 2.14. The standard InChI is InChI=1S/C15H21F4N3O.HI/c1-20-14(21-7-3-9-23-11-15(17,18)19)22-8-6-12-4-2-5-13(16)10-12;/h2,4-5,10H,3,6-9,11H2,1H3,(H2,20,21,22);1H. The molecular weight excluding hydrogens is 441 g/mol. The zero-order valence-corrected chi connectivity index (χ0v) is 15.7. The summed E-state index contributed by atoms with van der Waals surface area (Å²) in [6.07, 6.45) is -3.23. The van der Waals surface area contributed by atoms with Gasteiger partial charge in [0.25, 0.3) is 0 Å². The minimum atomic E-state index is -4.29. The third-order valence-corrected chi connectivity index (χ3v) is 2.84. The van der Waals surface area contributed by atoms with Crippen LogP contribution in [-0.2, 0) is 11.2 Å². The van der Waals surface area contributed by atoms with Gasteiger partial charge in [-0.05, 0) is 30.5 Å². The van der Waals surface area contributed by atoms with Crippen LogP contribution >= 0.6 is 24.0 Å². The number of guanidine groups is 1. The molecule has 1 aromatic rings. The minimum Gasteiger partial charge on any atom is -0.372 e. The van der Waals surface area contributed by atoms with Gasteiger partial charge >= 0.3 is 6.18 Å². The fourth-order valence-electron chi connectivity index (χ4n) is 1.81. The van der Waals surface area contributed by atoms with Gasteiger partial charge in [-0.25, -0.2) is 4.39 Å². The Labute approximate surface area is 156 Å². The lowest BCUT2D eigenvalue weighted by molar-refractivity contribution is -0.173. The molecule has 0 bridgehead atoms. The van der Waals surface area contributed by atoms with Crippen LogP contribution in [0, 0.1) is 5.82 Å². The predicted molar refractivity (Wildman–Crippen MR) is 96.4 cm³/mol. The van der Waals surface area contributed by atoms with Crippen molar-refractivity contribution in [1.29, 1.82) is 0 Å². The summed E-state index contributed by atoms with van der Waals surface area (Å²) in [5.74, 6) is 0.265. The number of rotatable bonds is 8. The zero-order chi connectivity index (χ0) is 17.1. The highest BCUT2D eigenvalue weighted by atomic mass is 127. The van der Waals surface area contributed by atoms with Gasteiger partial charge in [0, 0.05) is 26.7 Å². The molecule has 0 unspecified atom stereocenters. The van der Waals surface area contributed by atoms with Gasteiger partial charge in [-0.3, -0.25) is 4.99 Å². The van der Waals surface area contributed by atoms with Gasteiger partial charge in [0.05, 0.1) is 0 Å². The summed E-state index contributed by atoms with van der Waals surface area (Å²) < 4.78 is 53.1. The van der Waals surface area contributed by atoms with Crippen molar-refractivity contribution in [3.63, 3.8) is 0 Å². The normalized spacial score (nSPS) is 11.8. The Morgan fingerprint density at radius 1 is 1.21 bits per heavy atom. The summed E-state index contributed by atoms with van der Waals surface area (Å²) >= 11 is 0. The summed E-state index contributed by atoms with van der Waals surface area (Å²) in [6, 6.07) is 6.34. The smallest absolute Gasteiger partial charge is 0.372 e. The molecular formula is C15H22F4IN3O. The van der Waals surface area contributed by atoms with E-state index in [1.54, 1.807) is 13.1 Å². The maximum atomic E-state index is 13.0. The zero-order valence-electron chi connectivity index (χ0n) is 13.3. The number of hydrogen-bond donors (Lipinski definition) is 2. The van der Waals surface area contributed by atoms with Gasteiger partial charge in [0.15, 0.2) is 5.96 Å². The highest BCUT2D eigenvalue weighted by Gasteiger charge is 2.27. The molecule has 24 heavy (non-hydrogen) atoms. The first-order valence-corrected chi connectivity index (χ1v) is 7.24. The molecule has 9 heteroatoms. The molecule has 0 saturated carbocycles. The first kappa shape index (κ1) is 22.9. The summed E-state index contributed by atoms with van der Waals surface area (Å²) in [5.41, 5.74) is 0.869. The Balaban J connectivity index is 0.00000529. The van der Waals surface area contributed by atoms with Crippen LogP contribution in [0.15, 0.2) is 29.3 Å². The topological polar surface area (TPSA) is 45.7 Å². The predicted octanol–water partition coefficient (Wildman–Crippen LogP) is 3.12. The van der Waals surface area contributed by atoms with Crippen LogP contribution in [0.25, 0.3) is 0 Å². The van der Waals surface area contributed by atoms with Crippen molar-refractivity contribution in [2.45, 2.75) is 19.0 Å². The van der Waals surface area contributed by atoms with Crippen LogP contribution in [0.3, 0.4) is 0 Å². The second-order valence-electron chi connectivity index (χ2n) is 4.83. The molecule has 0 aliphatic heterocycles. The largest absolute Gasteiger partial charge is 0.411 e. The van der Waals surface area contributed by atoms with Crippen LogP contribution in [0.4, 0.5) is 17.6 Å². The van der Waals surface area contributed by atoms with Gasteiger partial charge in [0.2, 0.25) is 0 Å². The molecule has 0 amide bonds. The number of benzene rings is 1. The average molecular weight is 463 g/mol. The van der Waals surface area contributed by atoms with Crippen LogP contribution < -0.4 is 10.6 Å². The van der Waals surface area contributed by atoms with Crippen LogP contribution in [0.2, 0.25) is 0 Å². The van der Waals surface area contributed by atoms with Crippen molar-refractivity contribution in [1.82, 2.24) is 10.6 Å². The van der Waals surface area contributed by atoms with E-state index in [1.165, 1.54) is 12.1 Å². The second-order valence-corrected chi connectivity index (χ2v) is 4.83. The molecule has 1 rings (SSSR count). The van der Waals surface area contributed by atoms with Crippen molar-refractivity contribution in [3.05, 3.63) is 35.6 Å². The first-order chi connectivity index (χ1) is 10.9. The van der Waals surface area contributed by atoms with E-state index in [-0.39, 0.29) is 36.4 Å². The second kappa shape index (κ2) is 12.3. The molecule has 0 saturated heterocycles. The Bertz CT molecular complexity index is 498. The van der Waals surface area contributed by atoms with E-state index in [0.29, 0.717) is 31.9 Å². The monoisotopic (exact) mass is 463 g/mol. The van der Waals surface area contributed by atoms with Crippen LogP contribution in [0.5, 0.6) is 0 Å². The van der Waals surface area contributed by atoms with Crippen LogP contribution in [0.1, 0.15) is 12.0 Å². The number of ether oxygens (including phenoxy) is 1. The lowest BCUT2D eigenvalue weighted by Gasteiger charge is -2.12. The van der Waals surface area contributed by atoms with E-state index in [0.717, 1.165) is 5.56 Å².